The van der Waals surface area contributed by atoms with Crippen molar-refractivity contribution in [3.05, 3.63) is 23.9 Å². The fraction of sp³-hybridized carbons (Fsp3) is 0.500. The summed E-state index contributed by atoms with van der Waals surface area (Å²) in [4.78, 5) is 17.2. The molecule has 5 nitrogen and oxygen atoms in total. The van der Waals surface area contributed by atoms with Gasteiger partial charge in [0.25, 0.3) is 0 Å². The van der Waals surface area contributed by atoms with Crippen molar-refractivity contribution in [3.8, 4) is 0 Å². The van der Waals surface area contributed by atoms with Crippen LogP contribution in [0.15, 0.2) is 18.3 Å². The molecule has 8 heteroatoms. The average Bonchev–Trinajstić information content (AvgIpc) is 2.45. The van der Waals surface area contributed by atoms with Gasteiger partial charge in [0, 0.05) is 32.4 Å². The molecule has 0 spiro atoms. The number of pyridine rings is 1. The SMILES string of the molecule is O=C(CNc1ccc(C(F)(F)F)cn1)N1CCNCC1. The van der Waals surface area contributed by atoms with Crippen LogP contribution in [0.2, 0.25) is 0 Å². The summed E-state index contributed by atoms with van der Waals surface area (Å²) in [6, 6.07) is 2.15. The first-order chi connectivity index (χ1) is 9.47. The first kappa shape index (κ1) is 14.6. The maximum atomic E-state index is 12.3. The number of nitrogens with zero attached hydrogens (tertiary/aromatic N) is 2. The van der Waals surface area contributed by atoms with E-state index in [4.69, 9.17) is 0 Å². The highest BCUT2D eigenvalue weighted by atomic mass is 19.4. The molecule has 1 amide bonds. The van der Waals surface area contributed by atoms with Crippen LogP contribution in [-0.4, -0.2) is 48.5 Å². The third-order valence-corrected chi connectivity index (χ3v) is 2.98. The lowest BCUT2D eigenvalue weighted by Gasteiger charge is -2.27. The molecule has 1 aliphatic rings. The summed E-state index contributed by atoms with van der Waals surface area (Å²) < 4.78 is 37.0. The number of hydrogen-bond donors (Lipinski definition) is 2. The molecule has 1 aromatic rings. The fourth-order valence-electron chi connectivity index (χ4n) is 1.86. The molecular formula is C12H15F3N4O. The monoisotopic (exact) mass is 288 g/mol. The molecule has 1 aromatic heterocycles. The number of carbonyl (C=O) groups is 1. The number of nitrogens with one attached hydrogen (secondary N) is 2. The number of hydrogen-bond acceptors (Lipinski definition) is 4. The maximum Gasteiger partial charge on any atom is 0.417 e. The summed E-state index contributed by atoms with van der Waals surface area (Å²) in [6.45, 7) is 2.81. The number of rotatable bonds is 3. The smallest absolute Gasteiger partial charge is 0.361 e. The molecule has 1 fully saturated rings. The minimum absolute atomic E-state index is 0.0262. The summed E-state index contributed by atoms with van der Waals surface area (Å²) in [7, 11) is 0. The summed E-state index contributed by atoms with van der Waals surface area (Å²) in [5.41, 5.74) is -0.809. The minimum Gasteiger partial charge on any atom is -0.361 e. The van der Waals surface area contributed by atoms with Crippen LogP contribution in [0.4, 0.5) is 19.0 Å². The van der Waals surface area contributed by atoms with Gasteiger partial charge in [-0.3, -0.25) is 4.79 Å². The van der Waals surface area contributed by atoms with Gasteiger partial charge in [0.05, 0.1) is 12.1 Å². The molecule has 0 bridgehead atoms. The molecule has 0 saturated carbocycles. The second-order valence-electron chi connectivity index (χ2n) is 4.41. The van der Waals surface area contributed by atoms with Crippen LogP contribution >= 0.6 is 0 Å². The molecular weight excluding hydrogens is 273 g/mol. The normalized spacial score (nSPS) is 16.1. The quantitative estimate of drug-likeness (QED) is 0.869. The maximum absolute atomic E-state index is 12.3. The van der Waals surface area contributed by atoms with E-state index in [1.54, 1.807) is 4.90 Å². The van der Waals surface area contributed by atoms with Gasteiger partial charge in [-0.2, -0.15) is 13.2 Å². The Kier molecular flexibility index (Phi) is 4.43. The van der Waals surface area contributed by atoms with Crippen LogP contribution < -0.4 is 10.6 Å². The van der Waals surface area contributed by atoms with Gasteiger partial charge in [-0.15, -0.1) is 0 Å². The van der Waals surface area contributed by atoms with Crippen LogP contribution in [0.5, 0.6) is 0 Å². The molecule has 1 saturated heterocycles. The zero-order valence-electron chi connectivity index (χ0n) is 10.7. The number of carbonyl (C=O) groups excluding carboxylic acids is 1. The molecule has 2 rings (SSSR count). The van der Waals surface area contributed by atoms with E-state index >= 15 is 0 Å². The number of alkyl halides is 3. The second kappa shape index (κ2) is 6.08. The number of halogens is 3. The van der Waals surface area contributed by atoms with Crippen molar-refractivity contribution in [3.63, 3.8) is 0 Å². The number of anilines is 1. The Bertz CT molecular complexity index is 455. The summed E-state index contributed by atoms with van der Waals surface area (Å²) >= 11 is 0. The predicted molar refractivity (Wildman–Crippen MR) is 67.2 cm³/mol. The van der Waals surface area contributed by atoms with Gasteiger partial charge < -0.3 is 15.5 Å². The Labute approximate surface area is 114 Å². The molecule has 0 radical (unpaired) electrons. The standard InChI is InChI=1S/C12H15F3N4O/c13-12(14,15)9-1-2-10(17-7-9)18-8-11(20)19-5-3-16-4-6-19/h1-2,7,16H,3-6,8H2,(H,17,18). The van der Waals surface area contributed by atoms with Crippen molar-refractivity contribution in [1.29, 1.82) is 0 Å². The molecule has 20 heavy (non-hydrogen) atoms. The van der Waals surface area contributed by atoms with Gasteiger partial charge in [-0.25, -0.2) is 4.98 Å². The van der Waals surface area contributed by atoms with E-state index in [1.165, 1.54) is 6.07 Å². The third kappa shape index (κ3) is 3.83. The summed E-state index contributed by atoms with van der Waals surface area (Å²) in [5.74, 6) is 0.162. The Hall–Kier alpha value is -1.83. The van der Waals surface area contributed by atoms with Crippen molar-refractivity contribution in [2.75, 3.05) is 38.0 Å². The van der Waals surface area contributed by atoms with E-state index < -0.39 is 11.7 Å². The van der Waals surface area contributed by atoms with Crippen molar-refractivity contribution in [2.24, 2.45) is 0 Å². The van der Waals surface area contributed by atoms with Gasteiger partial charge >= 0.3 is 6.18 Å². The molecule has 1 aliphatic heterocycles. The van der Waals surface area contributed by atoms with Crippen molar-refractivity contribution in [2.45, 2.75) is 6.18 Å². The Morgan fingerprint density at radius 1 is 1.35 bits per heavy atom. The van der Waals surface area contributed by atoms with Crippen LogP contribution in [0, 0.1) is 0 Å². The molecule has 0 atom stereocenters. The molecule has 0 aliphatic carbocycles. The summed E-state index contributed by atoms with van der Waals surface area (Å²) in [6.07, 6.45) is -3.65. The van der Waals surface area contributed by atoms with Crippen molar-refractivity contribution < 1.29 is 18.0 Å². The summed E-state index contributed by atoms with van der Waals surface area (Å²) in [5, 5.41) is 5.86. The van der Waals surface area contributed by atoms with Crippen LogP contribution in [0.3, 0.4) is 0 Å². The first-order valence-corrected chi connectivity index (χ1v) is 6.22. The van der Waals surface area contributed by atoms with E-state index in [9.17, 15) is 18.0 Å². The zero-order valence-corrected chi connectivity index (χ0v) is 10.7. The lowest BCUT2D eigenvalue weighted by Crippen LogP contribution is -2.48. The molecule has 110 valence electrons. The largest absolute Gasteiger partial charge is 0.417 e. The van der Waals surface area contributed by atoms with E-state index in [1.807, 2.05) is 0 Å². The highest BCUT2D eigenvalue weighted by Crippen LogP contribution is 2.28. The zero-order chi connectivity index (χ0) is 14.6. The van der Waals surface area contributed by atoms with Gasteiger partial charge in [-0.05, 0) is 12.1 Å². The molecule has 0 unspecified atom stereocenters. The average molecular weight is 288 g/mol. The van der Waals surface area contributed by atoms with Crippen molar-refractivity contribution in [1.82, 2.24) is 15.2 Å². The third-order valence-electron chi connectivity index (χ3n) is 2.98. The predicted octanol–water partition coefficient (Wildman–Crippen LogP) is 0.944. The number of amides is 1. The lowest BCUT2D eigenvalue weighted by atomic mass is 10.3. The van der Waals surface area contributed by atoms with Gasteiger partial charge in [-0.1, -0.05) is 0 Å². The van der Waals surface area contributed by atoms with Crippen LogP contribution in [0.1, 0.15) is 5.56 Å². The topological polar surface area (TPSA) is 57.3 Å². The van der Waals surface area contributed by atoms with Crippen LogP contribution in [0.25, 0.3) is 0 Å². The van der Waals surface area contributed by atoms with E-state index in [2.05, 4.69) is 15.6 Å². The van der Waals surface area contributed by atoms with Gasteiger partial charge in [0.1, 0.15) is 5.82 Å². The molecule has 2 N–H and O–H groups in total. The number of piperazine rings is 1. The minimum atomic E-state index is -4.40. The highest BCUT2D eigenvalue weighted by molar-refractivity contribution is 5.80. The second-order valence-corrected chi connectivity index (χ2v) is 4.41. The first-order valence-electron chi connectivity index (χ1n) is 6.22. The van der Waals surface area contributed by atoms with Gasteiger partial charge in [0.2, 0.25) is 5.91 Å². The molecule has 2 heterocycles. The fourth-order valence-corrected chi connectivity index (χ4v) is 1.86. The van der Waals surface area contributed by atoms with E-state index in [-0.39, 0.29) is 18.3 Å². The van der Waals surface area contributed by atoms with Crippen LogP contribution in [-0.2, 0) is 11.0 Å². The number of aromatic nitrogens is 1. The van der Waals surface area contributed by atoms with E-state index in [0.29, 0.717) is 13.1 Å². The Morgan fingerprint density at radius 3 is 2.60 bits per heavy atom. The molecule has 0 aromatic carbocycles. The van der Waals surface area contributed by atoms with E-state index in [0.717, 1.165) is 25.4 Å². The van der Waals surface area contributed by atoms with Gasteiger partial charge in [0.15, 0.2) is 0 Å². The highest BCUT2D eigenvalue weighted by Gasteiger charge is 2.30. The lowest BCUT2D eigenvalue weighted by molar-refractivity contribution is -0.137. The Morgan fingerprint density at radius 2 is 2.05 bits per heavy atom. The van der Waals surface area contributed by atoms with Crippen molar-refractivity contribution >= 4 is 11.7 Å². The Balaban J connectivity index is 1.86.